The molecule has 0 aliphatic heterocycles. The number of nitrogens with zero attached hydrogens (tertiary/aromatic N) is 3. The molecule has 0 atom stereocenters. The number of furan rings is 1. The first kappa shape index (κ1) is 24.7. The average Bonchev–Trinajstić information content (AvgIpc) is 3.61. The summed E-state index contributed by atoms with van der Waals surface area (Å²) in [5, 5.41) is 13.2. The first-order chi connectivity index (χ1) is 18.1. The molecule has 0 aliphatic carbocycles. The Morgan fingerprint density at radius 1 is 1.03 bits per heavy atom. The monoisotopic (exact) mass is 530 g/mol. The second-order valence-electron chi connectivity index (χ2n) is 8.10. The van der Waals surface area contributed by atoms with Gasteiger partial charge >= 0.3 is 0 Å². The molecule has 0 saturated carbocycles. The number of amides is 1. The number of rotatable bonds is 9. The van der Waals surface area contributed by atoms with E-state index in [1.54, 1.807) is 25.5 Å². The molecular weight excluding hydrogens is 508 g/mol. The maximum absolute atomic E-state index is 12.6. The number of hydrogen-bond acceptors (Lipinski definition) is 6. The summed E-state index contributed by atoms with van der Waals surface area (Å²) in [5.41, 5.74) is 3.29. The predicted molar refractivity (Wildman–Crippen MR) is 144 cm³/mol. The third kappa shape index (κ3) is 5.87. The summed E-state index contributed by atoms with van der Waals surface area (Å²) >= 11 is 7.84. The van der Waals surface area contributed by atoms with Crippen molar-refractivity contribution in [2.24, 2.45) is 0 Å². The zero-order valence-corrected chi connectivity index (χ0v) is 21.5. The van der Waals surface area contributed by atoms with E-state index in [2.05, 4.69) is 15.5 Å². The molecule has 186 valence electrons. The van der Waals surface area contributed by atoms with Crippen molar-refractivity contribution in [2.45, 2.75) is 17.5 Å². The van der Waals surface area contributed by atoms with Gasteiger partial charge in [0.1, 0.15) is 11.5 Å². The second kappa shape index (κ2) is 11.4. The molecule has 2 aromatic heterocycles. The van der Waals surface area contributed by atoms with E-state index in [9.17, 15) is 4.79 Å². The van der Waals surface area contributed by atoms with E-state index in [-0.39, 0.29) is 5.91 Å². The van der Waals surface area contributed by atoms with Gasteiger partial charge in [-0.3, -0.25) is 9.36 Å². The van der Waals surface area contributed by atoms with Crippen molar-refractivity contribution < 1.29 is 13.9 Å². The molecule has 37 heavy (non-hydrogen) atoms. The van der Waals surface area contributed by atoms with Crippen molar-refractivity contribution in [3.63, 3.8) is 0 Å². The fourth-order valence-corrected chi connectivity index (χ4v) is 4.87. The number of aromatic nitrogens is 3. The molecule has 0 saturated heterocycles. The molecule has 9 heteroatoms. The van der Waals surface area contributed by atoms with Gasteiger partial charge < -0.3 is 14.5 Å². The van der Waals surface area contributed by atoms with Gasteiger partial charge in [-0.15, -0.1) is 10.2 Å². The second-order valence-corrected chi connectivity index (χ2v) is 9.48. The Hall–Kier alpha value is -4.01. The summed E-state index contributed by atoms with van der Waals surface area (Å²) in [6, 6.07) is 26.4. The predicted octanol–water partition coefficient (Wildman–Crippen LogP) is 6.41. The molecule has 0 bridgehead atoms. The topological polar surface area (TPSA) is 82.2 Å². The lowest BCUT2D eigenvalue weighted by Crippen LogP contribution is -2.22. The maximum atomic E-state index is 12.6. The molecule has 5 aromatic rings. The summed E-state index contributed by atoms with van der Waals surface area (Å²) in [5.74, 6) is 2.54. The molecule has 7 nitrogen and oxygen atoms in total. The first-order valence-corrected chi connectivity index (χ1v) is 12.8. The molecule has 0 unspecified atom stereocenters. The molecule has 0 aliphatic rings. The molecular formula is C28H23ClN4O3S. The molecule has 0 fully saturated rings. The largest absolute Gasteiger partial charge is 0.497 e. The number of carbonyl (C=O) groups is 1. The fraction of sp³-hybridized carbons (Fsp3) is 0.107. The quantitative estimate of drug-likeness (QED) is 0.222. The Labute approximate surface area is 223 Å². The highest BCUT2D eigenvalue weighted by Crippen LogP contribution is 2.32. The van der Waals surface area contributed by atoms with Crippen LogP contribution in [0.5, 0.6) is 5.75 Å². The van der Waals surface area contributed by atoms with Gasteiger partial charge in [-0.05, 0) is 60.2 Å². The van der Waals surface area contributed by atoms with Crippen molar-refractivity contribution >= 4 is 29.3 Å². The zero-order valence-electron chi connectivity index (χ0n) is 19.9. The minimum atomic E-state index is -0.161. The van der Waals surface area contributed by atoms with E-state index >= 15 is 0 Å². The van der Waals surface area contributed by atoms with Gasteiger partial charge in [-0.1, -0.05) is 53.7 Å². The molecule has 2 heterocycles. The SMILES string of the molecule is COc1cccc(-c2nnc(SCc3cccc(C(=O)NCc4ccco4)c3)n2-c2cccc(Cl)c2)c1. The van der Waals surface area contributed by atoms with Crippen LogP contribution < -0.4 is 10.1 Å². The Kier molecular flexibility index (Phi) is 7.58. The summed E-state index contributed by atoms with van der Waals surface area (Å²) in [6.45, 7) is 0.334. The van der Waals surface area contributed by atoms with Gasteiger partial charge in [0.05, 0.1) is 25.6 Å². The summed E-state index contributed by atoms with van der Waals surface area (Å²) < 4.78 is 12.7. The molecule has 0 spiro atoms. The lowest BCUT2D eigenvalue weighted by molar-refractivity contribution is 0.0948. The number of methoxy groups -OCH3 is 1. The van der Waals surface area contributed by atoms with Crippen LogP contribution in [0.15, 0.2) is 101 Å². The smallest absolute Gasteiger partial charge is 0.251 e. The highest BCUT2D eigenvalue weighted by atomic mass is 35.5. The lowest BCUT2D eigenvalue weighted by atomic mass is 10.1. The molecule has 5 rings (SSSR count). The highest BCUT2D eigenvalue weighted by Gasteiger charge is 2.17. The van der Waals surface area contributed by atoms with Gasteiger partial charge in [0.2, 0.25) is 0 Å². The lowest BCUT2D eigenvalue weighted by Gasteiger charge is -2.12. The standard InChI is InChI=1S/C28H23ClN4O3S/c1-35-24-11-3-7-20(15-24)26-31-32-28(33(26)23-10-4-9-22(29)16-23)37-18-19-6-2-8-21(14-19)27(34)30-17-25-12-5-13-36-25/h2-16H,17-18H2,1H3,(H,30,34). The van der Waals surface area contributed by atoms with Crippen LogP contribution in [0, 0.1) is 0 Å². The summed E-state index contributed by atoms with van der Waals surface area (Å²) in [7, 11) is 1.63. The number of nitrogens with one attached hydrogen (secondary N) is 1. The van der Waals surface area contributed by atoms with Crippen LogP contribution in [0.4, 0.5) is 0 Å². The van der Waals surface area contributed by atoms with Crippen LogP contribution in [0.25, 0.3) is 17.1 Å². The van der Waals surface area contributed by atoms with Crippen LogP contribution >= 0.6 is 23.4 Å². The maximum Gasteiger partial charge on any atom is 0.251 e. The minimum absolute atomic E-state index is 0.161. The van der Waals surface area contributed by atoms with Gasteiger partial charge in [0.15, 0.2) is 11.0 Å². The van der Waals surface area contributed by atoms with Crippen LogP contribution in [0.3, 0.4) is 0 Å². The van der Waals surface area contributed by atoms with Crippen molar-refractivity contribution in [1.29, 1.82) is 0 Å². The molecule has 3 aromatic carbocycles. The Morgan fingerprint density at radius 3 is 2.70 bits per heavy atom. The fourth-order valence-electron chi connectivity index (χ4n) is 3.79. The van der Waals surface area contributed by atoms with Crippen LogP contribution in [-0.4, -0.2) is 27.8 Å². The number of ether oxygens (including phenoxy) is 1. The van der Waals surface area contributed by atoms with Gasteiger partial charge in [0.25, 0.3) is 5.91 Å². The van der Waals surface area contributed by atoms with Gasteiger partial charge in [-0.2, -0.15) is 0 Å². The van der Waals surface area contributed by atoms with E-state index in [4.69, 9.17) is 20.8 Å². The third-order valence-corrected chi connectivity index (χ3v) is 6.82. The average molecular weight is 531 g/mol. The van der Waals surface area contributed by atoms with Gasteiger partial charge in [-0.25, -0.2) is 0 Å². The van der Waals surface area contributed by atoms with Crippen LogP contribution in [0.2, 0.25) is 5.02 Å². The van der Waals surface area contributed by atoms with E-state index < -0.39 is 0 Å². The molecule has 0 radical (unpaired) electrons. The van der Waals surface area contributed by atoms with Crippen LogP contribution in [-0.2, 0) is 12.3 Å². The first-order valence-electron chi connectivity index (χ1n) is 11.5. The Bertz CT molecular complexity index is 1520. The summed E-state index contributed by atoms with van der Waals surface area (Å²) in [6.07, 6.45) is 1.58. The molecule has 1 N–H and O–H groups in total. The number of benzene rings is 3. The van der Waals surface area contributed by atoms with Crippen molar-refractivity contribution in [3.05, 3.63) is 113 Å². The van der Waals surface area contributed by atoms with E-state index in [1.165, 1.54) is 11.8 Å². The van der Waals surface area contributed by atoms with Gasteiger partial charge in [0, 0.05) is 21.9 Å². The normalized spacial score (nSPS) is 10.9. The number of hydrogen-bond donors (Lipinski definition) is 1. The molecule has 1 amide bonds. The van der Waals surface area contributed by atoms with E-state index in [1.807, 2.05) is 77.4 Å². The Morgan fingerprint density at radius 2 is 1.89 bits per heavy atom. The highest BCUT2D eigenvalue weighted by molar-refractivity contribution is 7.98. The number of carbonyl (C=O) groups excluding carboxylic acids is 1. The number of thioether (sulfide) groups is 1. The van der Waals surface area contributed by atoms with Crippen molar-refractivity contribution in [1.82, 2.24) is 20.1 Å². The third-order valence-electron chi connectivity index (χ3n) is 5.59. The van der Waals surface area contributed by atoms with Crippen LogP contribution in [0.1, 0.15) is 21.7 Å². The van der Waals surface area contributed by atoms with E-state index in [0.29, 0.717) is 39.6 Å². The van der Waals surface area contributed by atoms with E-state index in [0.717, 1.165) is 22.6 Å². The van der Waals surface area contributed by atoms with Crippen molar-refractivity contribution in [2.75, 3.05) is 7.11 Å². The zero-order chi connectivity index (χ0) is 25.6. The summed E-state index contributed by atoms with van der Waals surface area (Å²) in [4.78, 5) is 12.6. The minimum Gasteiger partial charge on any atom is -0.497 e. The van der Waals surface area contributed by atoms with Crippen molar-refractivity contribution in [3.8, 4) is 22.8 Å². The Balaban J connectivity index is 1.39. The number of halogens is 1.